The van der Waals surface area contributed by atoms with Crippen LogP contribution in [0, 0.1) is 5.82 Å². The predicted octanol–water partition coefficient (Wildman–Crippen LogP) is 0.317. The fourth-order valence-electron chi connectivity index (χ4n) is 0.777. The summed E-state index contributed by atoms with van der Waals surface area (Å²) in [4.78, 5) is 0. The van der Waals surface area contributed by atoms with Crippen LogP contribution in [0.3, 0.4) is 0 Å². The second-order valence-electron chi connectivity index (χ2n) is 2.18. The number of nitrogen functional groups attached to an aromatic ring is 1. The molecule has 1 rings (SSSR count). The summed E-state index contributed by atoms with van der Waals surface area (Å²) in [5.41, 5.74) is 2.47. The Hall–Kier alpha value is -1.18. The minimum absolute atomic E-state index is 0.118. The van der Waals surface area contributed by atoms with Crippen molar-refractivity contribution in [3.05, 3.63) is 24.0 Å². The molecule has 0 aliphatic rings. The third-order valence-electron chi connectivity index (χ3n) is 1.33. The lowest BCUT2D eigenvalue weighted by Crippen LogP contribution is -2.08. The van der Waals surface area contributed by atoms with Gasteiger partial charge in [-0.25, -0.2) is 4.39 Å². The van der Waals surface area contributed by atoms with Crippen LogP contribution in [0.15, 0.2) is 18.2 Å². The van der Waals surface area contributed by atoms with Crippen LogP contribution in [0.2, 0.25) is 0 Å². The molecule has 0 aromatic heterocycles. The van der Waals surface area contributed by atoms with Crippen molar-refractivity contribution in [3.63, 3.8) is 0 Å². The van der Waals surface area contributed by atoms with E-state index in [0.29, 0.717) is 5.69 Å². The predicted molar refractivity (Wildman–Crippen MR) is 46.8 cm³/mol. The maximum absolute atomic E-state index is 13.0. The van der Waals surface area contributed by atoms with E-state index in [4.69, 9.17) is 5.84 Å². The van der Waals surface area contributed by atoms with Crippen molar-refractivity contribution in [3.8, 4) is 0 Å². The summed E-state index contributed by atoms with van der Waals surface area (Å²) >= 11 is -2.53. The number of benzene rings is 1. The van der Waals surface area contributed by atoms with Crippen LogP contribution in [-0.4, -0.2) is 8.76 Å². The smallest absolute Gasteiger partial charge is 0.149 e. The number of hydrogen-bond acceptors (Lipinski definition) is 4. The van der Waals surface area contributed by atoms with Gasteiger partial charge in [0.05, 0.1) is 11.4 Å². The summed E-state index contributed by atoms with van der Waals surface area (Å²) in [5, 5.41) is 0. The molecular weight excluding hydrogens is 197 g/mol. The molecule has 0 fully saturated rings. The van der Waals surface area contributed by atoms with E-state index >= 15 is 0 Å². The minimum Gasteiger partial charge on any atom is -0.755 e. The van der Waals surface area contributed by atoms with Gasteiger partial charge < -0.3 is 14.7 Å². The third-order valence-corrected chi connectivity index (χ3v) is 1.72. The lowest BCUT2D eigenvalue weighted by molar-refractivity contribution is 0.541. The van der Waals surface area contributed by atoms with Crippen molar-refractivity contribution in [2.45, 2.75) is 0 Å². The maximum atomic E-state index is 13.0. The third kappa shape index (κ3) is 2.65. The first-order chi connectivity index (χ1) is 6.13. The summed E-state index contributed by atoms with van der Waals surface area (Å²) in [6.45, 7) is 0. The van der Waals surface area contributed by atoms with E-state index in [1.165, 1.54) is 12.1 Å². The van der Waals surface area contributed by atoms with Crippen molar-refractivity contribution in [1.29, 1.82) is 0 Å². The van der Waals surface area contributed by atoms with Crippen LogP contribution in [0.5, 0.6) is 0 Å². The van der Waals surface area contributed by atoms with Gasteiger partial charge in [0.15, 0.2) is 0 Å². The second kappa shape index (κ2) is 4.17. The van der Waals surface area contributed by atoms with E-state index in [0.717, 1.165) is 6.07 Å². The molecule has 0 aliphatic carbocycles. The lowest BCUT2D eigenvalue weighted by atomic mass is 10.3. The van der Waals surface area contributed by atoms with Crippen molar-refractivity contribution in [2.75, 3.05) is 10.1 Å². The van der Waals surface area contributed by atoms with Gasteiger partial charge >= 0.3 is 0 Å². The Morgan fingerprint density at radius 2 is 2.23 bits per heavy atom. The molecule has 13 heavy (non-hydrogen) atoms. The zero-order valence-electron chi connectivity index (χ0n) is 6.41. The molecule has 5 nitrogen and oxygen atoms in total. The van der Waals surface area contributed by atoms with E-state index in [1.54, 1.807) is 0 Å². The van der Waals surface area contributed by atoms with Gasteiger partial charge in [-0.2, -0.15) is 0 Å². The molecule has 0 saturated carbocycles. The molecule has 1 aromatic rings. The maximum Gasteiger partial charge on any atom is 0.149 e. The average molecular weight is 204 g/mol. The molecule has 0 heterocycles. The fourth-order valence-corrected chi connectivity index (χ4v) is 1.12. The number of hydrogen-bond donors (Lipinski definition) is 3. The van der Waals surface area contributed by atoms with Crippen LogP contribution in [0.1, 0.15) is 0 Å². The first-order valence-corrected chi connectivity index (χ1v) is 4.33. The molecule has 1 atom stereocenters. The highest BCUT2D eigenvalue weighted by atomic mass is 32.2. The standard InChI is InChI=1S/C6H8FN3O2S/c7-5-3-4(9-8)1-2-6(5)10-13(11)12/h1-3,9-10H,8H2,(H,11,12)/p-1. The van der Waals surface area contributed by atoms with Gasteiger partial charge in [-0.15, -0.1) is 0 Å². The molecule has 72 valence electrons. The van der Waals surface area contributed by atoms with Crippen LogP contribution < -0.4 is 16.0 Å². The number of hydrazine groups is 1. The van der Waals surface area contributed by atoms with E-state index in [-0.39, 0.29) is 5.69 Å². The lowest BCUT2D eigenvalue weighted by Gasteiger charge is -2.10. The van der Waals surface area contributed by atoms with Gasteiger partial charge in [-0.1, -0.05) is 0 Å². The van der Waals surface area contributed by atoms with Crippen molar-refractivity contribution in [2.24, 2.45) is 5.84 Å². The normalized spacial score (nSPS) is 12.2. The molecule has 0 saturated heterocycles. The molecule has 0 spiro atoms. The van der Waals surface area contributed by atoms with E-state index in [2.05, 4.69) is 5.43 Å². The van der Waals surface area contributed by atoms with Gasteiger partial charge in [0.1, 0.15) is 5.82 Å². The topological polar surface area (TPSA) is 90.2 Å². The highest BCUT2D eigenvalue weighted by molar-refractivity contribution is 7.80. The molecule has 7 heteroatoms. The monoisotopic (exact) mass is 204 g/mol. The summed E-state index contributed by atoms with van der Waals surface area (Å²) in [5.74, 6) is 4.32. The van der Waals surface area contributed by atoms with Gasteiger partial charge in [0, 0.05) is 17.3 Å². The van der Waals surface area contributed by atoms with Gasteiger partial charge in [-0.05, 0) is 12.1 Å². The Labute approximate surface area is 76.5 Å². The highest BCUT2D eigenvalue weighted by Crippen LogP contribution is 2.18. The SMILES string of the molecule is NNc1ccc(NS(=O)[O-])c(F)c1. The highest BCUT2D eigenvalue weighted by Gasteiger charge is 2.01. The zero-order valence-corrected chi connectivity index (χ0v) is 7.23. The van der Waals surface area contributed by atoms with Gasteiger partial charge in [0.2, 0.25) is 0 Å². The van der Waals surface area contributed by atoms with Crippen molar-refractivity contribution < 1.29 is 13.2 Å². The van der Waals surface area contributed by atoms with Gasteiger partial charge in [-0.3, -0.25) is 10.1 Å². The number of nitrogens with two attached hydrogens (primary N) is 1. The molecule has 4 N–H and O–H groups in total. The first-order valence-electron chi connectivity index (χ1n) is 3.25. The van der Waals surface area contributed by atoms with Crippen molar-refractivity contribution in [1.82, 2.24) is 0 Å². The zero-order chi connectivity index (χ0) is 9.84. The Balaban J connectivity index is 2.91. The minimum atomic E-state index is -2.53. The fraction of sp³-hybridized carbons (Fsp3) is 0. The Morgan fingerprint density at radius 1 is 1.54 bits per heavy atom. The van der Waals surface area contributed by atoms with E-state index in [9.17, 15) is 13.2 Å². The second-order valence-corrected chi connectivity index (χ2v) is 2.85. The quantitative estimate of drug-likeness (QED) is 0.375. The summed E-state index contributed by atoms with van der Waals surface area (Å²) in [6, 6.07) is 3.79. The Morgan fingerprint density at radius 3 is 2.69 bits per heavy atom. The van der Waals surface area contributed by atoms with E-state index < -0.39 is 17.1 Å². The number of rotatable bonds is 3. The molecule has 0 bridgehead atoms. The molecule has 1 aromatic carbocycles. The molecule has 0 aliphatic heterocycles. The number of nitrogens with one attached hydrogen (secondary N) is 2. The average Bonchev–Trinajstić information content (AvgIpc) is 2.08. The van der Waals surface area contributed by atoms with Crippen LogP contribution in [0.4, 0.5) is 15.8 Å². The summed E-state index contributed by atoms with van der Waals surface area (Å²) in [7, 11) is 0. The van der Waals surface area contributed by atoms with Crippen LogP contribution in [0.25, 0.3) is 0 Å². The molecular formula is C6H7FN3O2S-. The van der Waals surface area contributed by atoms with Crippen molar-refractivity contribution >= 4 is 22.6 Å². The Bertz CT molecular complexity index is 334. The summed E-state index contributed by atoms with van der Waals surface area (Å²) in [6.07, 6.45) is 0. The van der Waals surface area contributed by atoms with E-state index in [1.807, 2.05) is 4.72 Å². The molecule has 0 radical (unpaired) electrons. The molecule has 1 unspecified atom stereocenters. The first kappa shape index (κ1) is 9.90. The largest absolute Gasteiger partial charge is 0.755 e. The molecule has 0 amide bonds. The summed E-state index contributed by atoms with van der Waals surface area (Å²) < 4.78 is 35.2. The van der Waals surface area contributed by atoms with Gasteiger partial charge in [0.25, 0.3) is 0 Å². The van der Waals surface area contributed by atoms with Crippen LogP contribution in [-0.2, 0) is 11.3 Å². The number of anilines is 2. The number of halogens is 1. The Kier molecular flexibility index (Phi) is 3.18. The van der Waals surface area contributed by atoms with Crippen LogP contribution >= 0.6 is 0 Å².